The molecule has 0 saturated carbocycles. The first kappa shape index (κ1) is 29.7. The Morgan fingerprint density at radius 2 is 1.36 bits per heavy atom. The molecular formula is C34H45N5O3. The first-order chi connectivity index (χ1) is 19.9. The highest BCUT2D eigenvalue weighted by Gasteiger charge is 2.34. The molecule has 0 spiro atoms. The molecule has 2 fully saturated rings. The van der Waals surface area contributed by atoms with E-state index in [1.165, 1.54) is 22.4 Å². The number of piperidine rings is 1. The number of carbonyl (C=O) groups is 2. The van der Waals surface area contributed by atoms with Crippen LogP contribution in [-0.2, 0) is 4.74 Å². The molecule has 2 aromatic carbocycles. The van der Waals surface area contributed by atoms with Crippen molar-refractivity contribution in [2.75, 3.05) is 44.2 Å². The average molecular weight is 572 g/mol. The van der Waals surface area contributed by atoms with Crippen LogP contribution in [0.15, 0.2) is 42.6 Å². The largest absolute Gasteiger partial charge is 0.444 e. The zero-order valence-corrected chi connectivity index (χ0v) is 26.2. The molecule has 0 aliphatic carbocycles. The molecule has 42 heavy (non-hydrogen) atoms. The second-order valence-electron chi connectivity index (χ2n) is 13.0. The SMILES string of the molecule is Cc1ccc(N2CCN(C(=O)c3cnn(-c4ccc(C)cc4C)c3C3CCN(C(=O)OC(C)(C)C)CC3)CC2)c(C)c1. The van der Waals surface area contributed by atoms with Gasteiger partial charge in [-0.1, -0.05) is 35.4 Å². The highest BCUT2D eigenvalue weighted by molar-refractivity contribution is 5.95. The number of hydrogen-bond acceptors (Lipinski definition) is 5. The summed E-state index contributed by atoms with van der Waals surface area (Å²) in [6.45, 7) is 18.2. The number of piperazine rings is 1. The van der Waals surface area contributed by atoms with E-state index in [0.717, 1.165) is 42.9 Å². The summed E-state index contributed by atoms with van der Waals surface area (Å²) in [5.74, 6) is 0.137. The van der Waals surface area contributed by atoms with Gasteiger partial charge in [0.15, 0.2) is 0 Å². The Morgan fingerprint density at radius 1 is 0.786 bits per heavy atom. The van der Waals surface area contributed by atoms with Gasteiger partial charge in [0.05, 0.1) is 23.1 Å². The van der Waals surface area contributed by atoms with Crippen LogP contribution < -0.4 is 4.90 Å². The minimum Gasteiger partial charge on any atom is -0.444 e. The summed E-state index contributed by atoms with van der Waals surface area (Å²) in [4.78, 5) is 33.0. The van der Waals surface area contributed by atoms with Crippen molar-refractivity contribution in [2.45, 2.75) is 72.8 Å². The molecule has 2 aliphatic heterocycles. The van der Waals surface area contributed by atoms with E-state index in [-0.39, 0.29) is 17.9 Å². The van der Waals surface area contributed by atoms with Gasteiger partial charge in [0.1, 0.15) is 5.60 Å². The molecule has 8 heteroatoms. The van der Waals surface area contributed by atoms with E-state index in [4.69, 9.17) is 9.84 Å². The first-order valence-corrected chi connectivity index (χ1v) is 15.2. The summed E-state index contributed by atoms with van der Waals surface area (Å²) in [5, 5.41) is 4.81. The lowest BCUT2D eigenvalue weighted by Gasteiger charge is -2.37. The van der Waals surface area contributed by atoms with Gasteiger partial charge in [-0.3, -0.25) is 4.79 Å². The second-order valence-corrected chi connectivity index (χ2v) is 13.0. The summed E-state index contributed by atoms with van der Waals surface area (Å²) >= 11 is 0. The summed E-state index contributed by atoms with van der Waals surface area (Å²) in [6.07, 6.45) is 2.97. The molecule has 2 saturated heterocycles. The van der Waals surface area contributed by atoms with Crippen LogP contribution in [0.25, 0.3) is 5.69 Å². The standard InChI is InChI=1S/C34H45N5O3/c1-23-8-10-29(25(3)20-23)36-16-18-37(19-17-36)32(40)28-22-35-39(30-11-9-24(2)21-26(30)4)31(28)27-12-14-38(15-13-27)33(41)42-34(5,6)7/h8-11,20-22,27H,12-19H2,1-7H3. The van der Waals surface area contributed by atoms with Crippen molar-refractivity contribution in [2.24, 2.45) is 0 Å². The molecule has 0 N–H and O–H groups in total. The van der Waals surface area contributed by atoms with Gasteiger partial charge in [0.2, 0.25) is 0 Å². The van der Waals surface area contributed by atoms with Gasteiger partial charge in [0, 0.05) is 50.9 Å². The number of benzene rings is 2. The smallest absolute Gasteiger partial charge is 0.410 e. The van der Waals surface area contributed by atoms with Crippen molar-refractivity contribution in [3.05, 3.63) is 76.1 Å². The second kappa shape index (κ2) is 11.8. The van der Waals surface area contributed by atoms with Gasteiger partial charge < -0.3 is 19.4 Å². The molecule has 1 aromatic heterocycles. The maximum Gasteiger partial charge on any atom is 0.410 e. The van der Waals surface area contributed by atoms with E-state index in [1.807, 2.05) is 30.4 Å². The molecule has 0 atom stereocenters. The quantitative estimate of drug-likeness (QED) is 0.374. The number of carbonyl (C=O) groups excluding carboxylic acids is 2. The topological polar surface area (TPSA) is 70.9 Å². The van der Waals surface area contributed by atoms with Gasteiger partial charge in [-0.25, -0.2) is 9.48 Å². The Labute approximate surface area is 250 Å². The molecule has 224 valence electrons. The predicted octanol–water partition coefficient (Wildman–Crippen LogP) is 6.18. The third kappa shape index (κ3) is 6.32. The number of nitrogens with zero attached hydrogens (tertiary/aromatic N) is 5. The average Bonchev–Trinajstić information content (AvgIpc) is 3.37. The highest BCUT2D eigenvalue weighted by atomic mass is 16.6. The molecule has 3 heterocycles. The Morgan fingerprint density at radius 3 is 1.90 bits per heavy atom. The van der Waals surface area contributed by atoms with Crippen molar-refractivity contribution in [3.63, 3.8) is 0 Å². The van der Waals surface area contributed by atoms with E-state index in [9.17, 15) is 9.59 Å². The minimum absolute atomic E-state index is 0.0378. The van der Waals surface area contributed by atoms with Crippen molar-refractivity contribution >= 4 is 17.7 Å². The number of aromatic nitrogens is 2. The third-order valence-corrected chi connectivity index (χ3v) is 8.41. The van der Waals surface area contributed by atoms with Gasteiger partial charge >= 0.3 is 6.09 Å². The van der Waals surface area contributed by atoms with E-state index >= 15 is 0 Å². The fraction of sp³-hybridized carbons (Fsp3) is 0.500. The maximum atomic E-state index is 14.1. The van der Waals surface area contributed by atoms with E-state index in [2.05, 4.69) is 69.0 Å². The van der Waals surface area contributed by atoms with Crippen LogP contribution in [0.5, 0.6) is 0 Å². The highest BCUT2D eigenvalue weighted by Crippen LogP contribution is 2.34. The molecule has 0 bridgehead atoms. The lowest BCUT2D eigenvalue weighted by Crippen LogP contribution is -2.49. The fourth-order valence-corrected chi connectivity index (χ4v) is 6.29. The van der Waals surface area contributed by atoms with Crippen LogP contribution in [0.2, 0.25) is 0 Å². The number of anilines is 1. The fourth-order valence-electron chi connectivity index (χ4n) is 6.29. The molecule has 2 aliphatic rings. The number of rotatable bonds is 4. The van der Waals surface area contributed by atoms with Crippen LogP contribution in [0.3, 0.4) is 0 Å². The predicted molar refractivity (Wildman–Crippen MR) is 167 cm³/mol. The molecular weight excluding hydrogens is 526 g/mol. The van der Waals surface area contributed by atoms with Gasteiger partial charge in [0.25, 0.3) is 5.91 Å². The van der Waals surface area contributed by atoms with Gasteiger partial charge in [-0.05, 0) is 84.6 Å². The van der Waals surface area contributed by atoms with Crippen molar-refractivity contribution in [1.29, 1.82) is 0 Å². The molecule has 8 nitrogen and oxygen atoms in total. The van der Waals surface area contributed by atoms with Crippen LogP contribution in [0.4, 0.5) is 10.5 Å². The van der Waals surface area contributed by atoms with Crippen molar-refractivity contribution in [1.82, 2.24) is 19.6 Å². The van der Waals surface area contributed by atoms with Crippen LogP contribution >= 0.6 is 0 Å². The van der Waals surface area contributed by atoms with Gasteiger partial charge in [-0.15, -0.1) is 0 Å². The summed E-state index contributed by atoms with van der Waals surface area (Å²) in [7, 11) is 0. The lowest BCUT2D eigenvalue weighted by atomic mass is 9.90. The number of aryl methyl sites for hydroxylation is 4. The van der Waals surface area contributed by atoms with E-state index in [1.54, 1.807) is 11.1 Å². The lowest BCUT2D eigenvalue weighted by molar-refractivity contribution is 0.0203. The number of hydrogen-bond donors (Lipinski definition) is 0. The Hall–Kier alpha value is -3.81. The molecule has 5 rings (SSSR count). The number of likely N-dealkylation sites (tertiary alicyclic amines) is 1. The Balaban J connectivity index is 1.38. The monoisotopic (exact) mass is 571 g/mol. The first-order valence-electron chi connectivity index (χ1n) is 15.2. The van der Waals surface area contributed by atoms with E-state index in [0.29, 0.717) is 31.7 Å². The van der Waals surface area contributed by atoms with Crippen LogP contribution in [0, 0.1) is 27.7 Å². The van der Waals surface area contributed by atoms with Crippen molar-refractivity contribution in [3.8, 4) is 5.69 Å². The number of ether oxygens (including phenoxy) is 1. The van der Waals surface area contributed by atoms with Crippen molar-refractivity contribution < 1.29 is 14.3 Å². The van der Waals surface area contributed by atoms with Crippen LogP contribution in [0.1, 0.15) is 77.8 Å². The summed E-state index contributed by atoms with van der Waals surface area (Å²) in [5.41, 5.74) is 8.16. The third-order valence-electron chi connectivity index (χ3n) is 8.41. The minimum atomic E-state index is -0.530. The zero-order chi connectivity index (χ0) is 30.2. The number of amides is 2. The van der Waals surface area contributed by atoms with Crippen LogP contribution in [-0.4, -0.2) is 76.5 Å². The van der Waals surface area contributed by atoms with E-state index < -0.39 is 5.60 Å². The Kier molecular flexibility index (Phi) is 8.35. The molecule has 0 unspecified atom stereocenters. The Bertz CT molecular complexity index is 1450. The zero-order valence-electron chi connectivity index (χ0n) is 26.2. The molecule has 3 aromatic rings. The molecule has 2 amide bonds. The normalized spacial score (nSPS) is 16.6. The van der Waals surface area contributed by atoms with Gasteiger partial charge in [-0.2, -0.15) is 5.10 Å². The molecule has 0 radical (unpaired) electrons. The summed E-state index contributed by atoms with van der Waals surface area (Å²) < 4.78 is 7.60. The summed E-state index contributed by atoms with van der Waals surface area (Å²) in [6, 6.07) is 12.9. The maximum absolute atomic E-state index is 14.1.